The normalized spacial score (nSPS) is 16.2. The number of ether oxygens (including phenoxy) is 1. The summed E-state index contributed by atoms with van der Waals surface area (Å²) in [6, 6.07) is 5.99. The Morgan fingerprint density at radius 2 is 1.88 bits per heavy atom. The minimum absolute atomic E-state index is 0.0830. The number of Topliss-reactive ketones (excluding diaryl/α,β-unsaturated/α-hetero) is 1. The lowest BCUT2D eigenvalue weighted by atomic mass is 10.1. The molecule has 2 heterocycles. The van der Waals surface area contributed by atoms with Crippen LogP contribution < -0.4 is 5.32 Å². The molecule has 1 aliphatic rings. The van der Waals surface area contributed by atoms with Gasteiger partial charge in [-0.1, -0.05) is 18.9 Å². The van der Waals surface area contributed by atoms with Gasteiger partial charge in [0.05, 0.1) is 24.9 Å². The third-order valence-electron chi connectivity index (χ3n) is 4.69. The minimum atomic E-state index is 0.0830. The van der Waals surface area contributed by atoms with Gasteiger partial charge in [0.1, 0.15) is 5.78 Å². The van der Waals surface area contributed by atoms with E-state index < -0.39 is 0 Å². The van der Waals surface area contributed by atoms with Crippen molar-refractivity contribution in [2.24, 2.45) is 0 Å². The Balaban J connectivity index is 1.74. The Morgan fingerprint density at radius 3 is 2.54 bits per heavy atom. The summed E-state index contributed by atoms with van der Waals surface area (Å²) in [6.45, 7) is 5.34. The minimum Gasteiger partial charge on any atom is -0.379 e. The molecule has 0 aromatic carbocycles. The third kappa shape index (κ3) is 7.62. The number of nitrogens with zero attached hydrogens (tertiary/aromatic N) is 2. The van der Waals surface area contributed by atoms with E-state index in [2.05, 4.69) is 15.2 Å². The molecule has 1 aliphatic heterocycles. The molecule has 1 atom stereocenters. The van der Waals surface area contributed by atoms with E-state index >= 15 is 0 Å². The van der Waals surface area contributed by atoms with Crippen molar-refractivity contribution in [3.8, 4) is 0 Å². The molecule has 144 valence electrons. The van der Waals surface area contributed by atoms with Gasteiger partial charge in [0.25, 0.3) is 0 Å². The zero-order chi connectivity index (χ0) is 18.6. The van der Waals surface area contributed by atoms with E-state index in [9.17, 15) is 9.59 Å². The number of rotatable bonds is 11. The van der Waals surface area contributed by atoms with E-state index in [1.54, 1.807) is 13.1 Å². The van der Waals surface area contributed by atoms with Crippen LogP contribution in [0.1, 0.15) is 57.2 Å². The van der Waals surface area contributed by atoms with Crippen molar-refractivity contribution in [1.29, 1.82) is 0 Å². The Labute approximate surface area is 156 Å². The number of unbranched alkanes of at least 4 members (excludes halogenated alkanes) is 3. The summed E-state index contributed by atoms with van der Waals surface area (Å²) in [5.41, 5.74) is 0.985. The lowest BCUT2D eigenvalue weighted by Crippen LogP contribution is -2.44. The number of ketones is 1. The fourth-order valence-corrected chi connectivity index (χ4v) is 3.19. The fourth-order valence-electron chi connectivity index (χ4n) is 3.19. The first-order chi connectivity index (χ1) is 12.7. The predicted octanol–water partition coefficient (Wildman–Crippen LogP) is 2.50. The molecule has 1 aromatic heterocycles. The maximum Gasteiger partial charge on any atom is 0.220 e. The van der Waals surface area contributed by atoms with Crippen molar-refractivity contribution in [3.05, 3.63) is 30.1 Å². The molecule has 6 heteroatoms. The Bertz CT molecular complexity index is 544. The van der Waals surface area contributed by atoms with Gasteiger partial charge >= 0.3 is 0 Å². The molecule has 0 radical (unpaired) electrons. The van der Waals surface area contributed by atoms with Gasteiger partial charge in [-0.2, -0.15) is 0 Å². The van der Waals surface area contributed by atoms with Crippen LogP contribution in [0.3, 0.4) is 0 Å². The van der Waals surface area contributed by atoms with Gasteiger partial charge in [0, 0.05) is 38.7 Å². The quantitative estimate of drug-likeness (QED) is 0.613. The number of carbonyl (C=O) groups is 2. The fraction of sp³-hybridized carbons (Fsp3) is 0.650. The number of hydrogen-bond donors (Lipinski definition) is 1. The molecule has 6 nitrogen and oxygen atoms in total. The van der Waals surface area contributed by atoms with Gasteiger partial charge in [-0.15, -0.1) is 0 Å². The van der Waals surface area contributed by atoms with E-state index in [4.69, 9.17) is 4.74 Å². The highest BCUT2D eigenvalue weighted by Gasteiger charge is 2.23. The Morgan fingerprint density at radius 1 is 1.15 bits per heavy atom. The number of pyridine rings is 1. The number of hydrogen-bond acceptors (Lipinski definition) is 5. The van der Waals surface area contributed by atoms with Crippen LogP contribution in [0.5, 0.6) is 0 Å². The monoisotopic (exact) mass is 361 g/mol. The molecular formula is C20H31N3O3. The number of amides is 1. The smallest absolute Gasteiger partial charge is 0.220 e. The first kappa shape index (κ1) is 20.5. The molecular weight excluding hydrogens is 330 g/mol. The Kier molecular flexibility index (Phi) is 9.28. The first-order valence-corrected chi connectivity index (χ1v) is 9.65. The summed E-state index contributed by atoms with van der Waals surface area (Å²) in [6.07, 6.45) is 6.79. The van der Waals surface area contributed by atoms with Crippen LogP contribution in [0.2, 0.25) is 0 Å². The van der Waals surface area contributed by atoms with Gasteiger partial charge in [-0.05, 0) is 31.9 Å². The molecule has 1 saturated heterocycles. The predicted molar refractivity (Wildman–Crippen MR) is 101 cm³/mol. The van der Waals surface area contributed by atoms with Crippen molar-refractivity contribution in [2.45, 2.75) is 51.5 Å². The number of aromatic nitrogens is 1. The van der Waals surface area contributed by atoms with Crippen molar-refractivity contribution in [1.82, 2.24) is 15.2 Å². The van der Waals surface area contributed by atoms with Gasteiger partial charge < -0.3 is 14.8 Å². The van der Waals surface area contributed by atoms with E-state index in [-0.39, 0.29) is 17.7 Å². The lowest BCUT2D eigenvalue weighted by molar-refractivity contribution is -0.121. The molecule has 2 rings (SSSR count). The molecule has 1 N–H and O–H groups in total. The highest BCUT2D eigenvalue weighted by Crippen LogP contribution is 2.19. The second-order valence-electron chi connectivity index (χ2n) is 6.84. The van der Waals surface area contributed by atoms with Crippen molar-refractivity contribution >= 4 is 11.7 Å². The molecule has 1 aromatic rings. The van der Waals surface area contributed by atoms with Gasteiger partial charge in [-0.3, -0.25) is 14.7 Å². The molecule has 1 fully saturated rings. The zero-order valence-electron chi connectivity index (χ0n) is 15.8. The summed E-state index contributed by atoms with van der Waals surface area (Å²) < 4.78 is 5.44. The first-order valence-electron chi connectivity index (χ1n) is 9.65. The molecule has 0 aliphatic carbocycles. The maximum absolute atomic E-state index is 12.2. The highest BCUT2D eigenvalue weighted by molar-refractivity contribution is 5.76. The third-order valence-corrected chi connectivity index (χ3v) is 4.69. The van der Waals surface area contributed by atoms with Gasteiger partial charge in [-0.25, -0.2) is 0 Å². The highest BCUT2D eigenvalue weighted by atomic mass is 16.5. The maximum atomic E-state index is 12.2. The second kappa shape index (κ2) is 11.8. The summed E-state index contributed by atoms with van der Waals surface area (Å²) in [5, 5.41) is 3.07. The Hall–Kier alpha value is -1.79. The van der Waals surface area contributed by atoms with Crippen molar-refractivity contribution in [3.63, 3.8) is 0 Å². The van der Waals surface area contributed by atoms with Crippen LogP contribution in [0.4, 0.5) is 0 Å². The van der Waals surface area contributed by atoms with E-state index in [1.165, 1.54) is 0 Å². The van der Waals surface area contributed by atoms with Crippen molar-refractivity contribution in [2.75, 3.05) is 32.8 Å². The molecule has 1 unspecified atom stereocenters. The second-order valence-corrected chi connectivity index (χ2v) is 6.84. The summed E-state index contributed by atoms with van der Waals surface area (Å²) in [4.78, 5) is 29.9. The van der Waals surface area contributed by atoms with Crippen LogP contribution in [-0.4, -0.2) is 54.4 Å². The van der Waals surface area contributed by atoms with Crippen LogP contribution in [0.15, 0.2) is 24.4 Å². The van der Waals surface area contributed by atoms with E-state index in [1.807, 2.05) is 18.2 Å². The summed E-state index contributed by atoms with van der Waals surface area (Å²) in [5.74, 6) is 0.331. The number of morpholine rings is 1. The largest absolute Gasteiger partial charge is 0.379 e. The average molecular weight is 361 g/mol. The molecule has 0 spiro atoms. The van der Waals surface area contributed by atoms with Crippen LogP contribution >= 0.6 is 0 Å². The summed E-state index contributed by atoms with van der Waals surface area (Å²) >= 11 is 0. The summed E-state index contributed by atoms with van der Waals surface area (Å²) in [7, 11) is 0. The number of nitrogens with one attached hydrogen (secondary N) is 1. The van der Waals surface area contributed by atoms with Crippen LogP contribution in [-0.2, 0) is 14.3 Å². The standard InChI is InChI=1S/C20H31N3O3/c1-17(24)8-4-2-3-5-10-20(25)22-16-19(18-9-6-7-11-21-18)23-12-14-26-15-13-23/h6-7,9,11,19H,2-5,8,10,12-16H2,1H3,(H,22,25). The van der Waals surface area contributed by atoms with E-state index in [0.717, 1.165) is 57.7 Å². The van der Waals surface area contributed by atoms with E-state index in [0.29, 0.717) is 19.4 Å². The SMILES string of the molecule is CC(=O)CCCCCCC(=O)NCC(c1ccccn1)N1CCOCC1. The van der Waals surface area contributed by atoms with Gasteiger partial charge in [0.15, 0.2) is 0 Å². The lowest BCUT2D eigenvalue weighted by Gasteiger charge is -2.34. The molecule has 26 heavy (non-hydrogen) atoms. The zero-order valence-corrected chi connectivity index (χ0v) is 15.8. The van der Waals surface area contributed by atoms with Gasteiger partial charge in [0.2, 0.25) is 5.91 Å². The van der Waals surface area contributed by atoms with Crippen molar-refractivity contribution < 1.29 is 14.3 Å². The van der Waals surface area contributed by atoms with Crippen LogP contribution in [0, 0.1) is 0 Å². The topological polar surface area (TPSA) is 71.5 Å². The average Bonchev–Trinajstić information content (AvgIpc) is 2.66. The molecule has 0 saturated carbocycles. The molecule has 0 bridgehead atoms. The van der Waals surface area contributed by atoms with Crippen LogP contribution in [0.25, 0.3) is 0 Å². The number of carbonyl (C=O) groups excluding carboxylic acids is 2. The molecule has 1 amide bonds.